The number of nitrogens with zero attached hydrogens (tertiary/aromatic N) is 3. The summed E-state index contributed by atoms with van der Waals surface area (Å²) in [4.78, 5) is 26.4. The van der Waals surface area contributed by atoms with Gasteiger partial charge >= 0.3 is 5.97 Å². The van der Waals surface area contributed by atoms with Crippen LogP contribution in [0.5, 0.6) is 0 Å². The van der Waals surface area contributed by atoms with Gasteiger partial charge in [0.2, 0.25) is 0 Å². The Kier molecular flexibility index (Phi) is 6.23. The number of carbonyl (C=O) groups excluding carboxylic acids is 2. The van der Waals surface area contributed by atoms with Gasteiger partial charge in [0.15, 0.2) is 5.69 Å². The Morgan fingerprint density at radius 1 is 1.03 bits per heavy atom. The lowest BCUT2D eigenvalue weighted by Crippen LogP contribution is -2.26. The molecule has 1 heterocycles. The molecule has 0 unspecified atom stereocenters. The highest BCUT2D eigenvalue weighted by Gasteiger charge is 2.18. The normalized spacial score (nSPS) is 10.6. The molecule has 1 amide bonds. The first kappa shape index (κ1) is 21.8. The molecule has 4 aromatic rings. The third kappa shape index (κ3) is 4.48. The van der Waals surface area contributed by atoms with Crippen molar-refractivity contribution in [2.75, 3.05) is 20.2 Å². The first-order valence-electron chi connectivity index (χ1n) is 10.6. The zero-order chi connectivity index (χ0) is 23.4. The van der Waals surface area contributed by atoms with Crippen molar-refractivity contribution in [2.24, 2.45) is 0 Å². The average Bonchev–Trinajstić information content (AvgIpc) is 3.29. The molecule has 6 nitrogen and oxygen atoms in total. The lowest BCUT2D eigenvalue weighted by atomic mass is 10.0. The predicted octanol–water partition coefficient (Wildman–Crippen LogP) is 4.57. The van der Waals surface area contributed by atoms with Crippen molar-refractivity contribution in [3.63, 3.8) is 0 Å². The number of fused-ring (bicyclic) bond motifs is 1. The molecule has 6 heteroatoms. The highest BCUT2D eigenvalue weighted by atomic mass is 16.5. The monoisotopic (exact) mass is 437 g/mol. The highest BCUT2D eigenvalue weighted by molar-refractivity contribution is 5.94. The number of hydrogen-bond acceptors (Lipinski definition) is 4. The summed E-state index contributed by atoms with van der Waals surface area (Å²) in [6.45, 7) is 2.25. The second kappa shape index (κ2) is 9.41. The van der Waals surface area contributed by atoms with E-state index in [4.69, 9.17) is 11.2 Å². The molecule has 3 aromatic carbocycles. The Balaban J connectivity index is 1.77. The molecule has 0 aliphatic rings. The van der Waals surface area contributed by atoms with E-state index in [1.807, 2.05) is 36.4 Å². The Morgan fingerprint density at radius 3 is 2.45 bits per heavy atom. The van der Waals surface area contributed by atoms with E-state index in [0.29, 0.717) is 11.3 Å². The van der Waals surface area contributed by atoms with E-state index in [1.165, 1.54) is 4.90 Å². The van der Waals surface area contributed by atoms with Crippen LogP contribution in [0.1, 0.15) is 27.8 Å². The van der Waals surface area contributed by atoms with Crippen molar-refractivity contribution in [1.29, 1.82) is 0 Å². The fraction of sp³-hybridized carbons (Fsp3) is 0.148. The number of aromatic nitrogens is 2. The lowest BCUT2D eigenvalue weighted by Gasteiger charge is -2.14. The molecule has 0 saturated heterocycles. The number of esters is 1. The van der Waals surface area contributed by atoms with Gasteiger partial charge < -0.3 is 9.64 Å². The third-order valence-corrected chi connectivity index (χ3v) is 5.27. The zero-order valence-corrected chi connectivity index (χ0v) is 18.5. The van der Waals surface area contributed by atoms with Crippen LogP contribution in [0, 0.1) is 12.3 Å². The Hall–Kier alpha value is -4.37. The molecule has 0 fully saturated rings. The quantitative estimate of drug-likeness (QED) is 0.327. The van der Waals surface area contributed by atoms with Crippen LogP contribution in [0.4, 0.5) is 0 Å². The summed E-state index contributed by atoms with van der Waals surface area (Å²) in [7, 11) is 1.66. The minimum absolute atomic E-state index is 0.165. The van der Waals surface area contributed by atoms with Crippen molar-refractivity contribution < 1.29 is 14.3 Å². The Bertz CT molecular complexity index is 1360. The fourth-order valence-corrected chi connectivity index (χ4v) is 3.61. The van der Waals surface area contributed by atoms with Gasteiger partial charge in [-0.25, -0.2) is 9.48 Å². The van der Waals surface area contributed by atoms with Gasteiger partial charge in [0.05, 0.1) is 24.5 Å². The van der Waals surface area contributed by atoms with Gasteiger partial charge in [0, 0.05) is 18.2 Å². The van der Waals surface area contributed by atoms with Crippen LogP contribution in [0.25, 0.3) is 27.7 Å². The molecule has 33 heavy (non-hydrogen) atoms. The molecular weight excluding hydrogens is 414 g/mol. The number of carbonyl (C=O) groups is 2. The highest BCUT2D eigenvalue weighted by Crippen LogP contribution is 2.28. The summed E-state index contributed by atoms with van der Waals surface area (Å²) >= 11 is 0. The maximum atomic E-state index is 12.5. The first-order chi connectivity index (χ1) is 16.0. The zero-order valence-electron chi connectivity index (χ0n) is 18.5. The van der Waals surface area contributed by atoms with E-state index in [2.05, 4.69) is 17.1 Å². The smallest absolute Gasteiger partial charge is 0.358 e. The van der Waals surface area contributed by atoms with Crippen LogP contribution >= 0.6 is 0 Å². The lowest BCUT2D eigenvalue weighted by molar-refractivity contribution is 0.0518. The van der Waals surface area contributed by atoms with Crippen LogP contribution in [-0.4, -0.2) is 46.8 Å². The molecule has 0 spiro atoms. The molecule has 4 rings (SSSR count). The van der Waals surface area contributed by atoms with E-state index < -0.39 is 5.97 Å². The topological polar surface area (TPSA) is 64.4 Å². The molecule has 0 saturated carbocycles. The molecule has 0 aliphatic heterocycles. The maximum absolute atomic E-state index is 12.5. The minimum Gasteiger partial charge on any atom is -0.461 e. The van der Waals surface area contributed by atoms with Crippen molar-refractivity contribution in [2.45, 2.75) is 6.92 Å². The van der Waals surface area contributed by atoms with E-state index in [1.54, 1.807) is 49.0 Å². The van der Waals surface area contributed by atoms with Gasteiger partial charge in [-0.3, -0.25) is 4.79 Å². The van der Waals surface area contributed by atoms with Gasteiger partial charge in [-0.15, -0.1) is 6.42 Å². The largest absolute Gasteiger partial charge is 0.461 e. The van der Waals surface area contributed by atoms with Crippen molar-refractivity contribution in [3.05, 3.63) is 84.1 Å². The van der Waals surface area contributed by atoms with E-state index in [-0.39, 0.29) is 24.8 Å². The SMILES string of the molecule is C#CCN(C)C(=O)c1ccc(-n2nc(C(=O)OCC)cc2-c2ccc3ccccc3c2)cc1. The summed E-state index contributed by atoms with van der Waals surface area (Å²) in [6, 6.07) is 22.9. The van der Waals surface area contributed by atoms with Crippen LogP contribution in [0.2, 0.25) is 0 Å². The molecule has 0 radical (unpaired) electrons. The molecule has 0 N–H and O–H groups in total. The van der Waals surface area contributed by atoms with Crippen molar-refractivity contribution in [1.82, 2.24) is 14.7 Å². The summed E-state index contributed by atoms with van der Waals surface area (Å²) in [5, 5.41) is 6.72. The summed E-state index contributed by atoms with van der Waals surface area (Å²) in [6.07, 6.45) is 5.31. The second-order valence-corrected chi connectivity index (χ2v) is 7.52. The summed E-state index contributed by atoms with van der Waals surface area (Å²) < 4.78 is 6.85. The Morgan fingerprint density at radius 2 is 1.76 bits per heavy atom. The van der Waals surface area contributed by atoms with Gasteiger partial charge in [-0.2, -0.15) is 5.10 Å². The maximum Gasteiger partial charge on any atom is 0.358 e. The van der Waals surface area contributed by atoms with Gasteiger partial charge in [0.1, 0.15) is 0 Å². The van der Waals surface area contributed by atoms with E-state index in [0.717, 1.165) is 22.0 Å². The third-order valence-electron chi connectivity index (χ3n) is 5.27. The summed E-state index contributed by atoms with van der Waals surface area (Å²) in [5.74, 6) is 1.81. The number of ether oxygens (including phenoxy) is 1. The number of rotatable bonds is 6. The van der Waals surface area contributed by atoms with Crippen LogP contribution < -0.4 is 0 Å². The van der Waals surface area contributed by atoms with Crippen molar-refractivity contribution in [3.8, 4) is 29.3 Å². The number of amides is 1. The molecule has 0 bridgehead atoms. The van der Waals surface area contributed by atoms with E-state index in [9.17, 15) is 9.59 Å². The molecule has 0 aliphatic carbocycles. The molecule has 1 aromatic heterocycles. The number of terminal acetylenes is 1. The fourth-order valence-electron chi connectivity index (χ4n) is 3.61. The molecule has 0 atom stereocenters. The molecule has 164 valence electrons. The van der Waals surface area contributed by atoms with E-state index >= 15 is 0 Å². The van der Waals surface area contributed by atoms with Gasteiger partial charge in [-0.1, -0.05) is 42.3 Å². The van der Waals surface area contributed by atoms with Crippen molar-refractivity contribution >= 4 is 22.6 Å². The summed E-state index contributed by atoms with van der Waals surface area (Å²) in [5.41, 5.74) is 3.10. The van der Waals surface area contributed by atoms with Gasteiger partial charge in [0.25, 0.3) is 5.91 Å². The average molecular weight is 437 g/mol. The standard InChI is InChI=1S/C27H23N3O3/c1-4-16-29(3)26(31)20-12-14-23(15-13-20)30-25(18-24(28-30)27(32)33-5-2)22-11-10-19-8-6-7-9-21(19)17-22/h1,6-15,17-18H,5,16H2,2-3H3. The van der Waals surface area contributed by atoms with Crippen LogP contribution in [0.3, 0.4) is 0 Å². The van der Waals surface area contributed by atoms with Crippen LogP contribution in [0.15, 0.2) is 72.8 Å². The number of benzene rings is 3. The Labute approximate surface area is 192 Å². The van der Waals surface area contributed by atoms with Gasteiger partial charge in [-0.05, 0) is 54.1 Å². The predicted molar refractivity (Wildman–Crippen MR) is 128 cm³/mol. The first-order valence-corrected chi connectivity index (χ1v) is 10.6. The second-order valence-electron chi connectivity index (χ2n) is 7.52. The number of hydrogen-bond donors (Lipinski definition) is 0. The van der Waals surface area contributed by atoms with Crippen LogP contribution in [-0.2, 0) is 4.74 Å². The minimum atomic E-state index is -0.485. The molecular formula is C27H23N3O3.